The number of para-hydroxylation sites is 2. The van der Waals surface area contributed by atoms with Gasteiger partial charge in [-0.3, -0.25) is 15.2 Å². The number of benzene rings is 2. The SMILES string of the molecule is C/C(=N\N)C1=NC(Cc2c[nH]c3ccccc23)C(=O)N(c2ccccc2)N1. The molecule has 7 nitrogen and oxygen atoms in total. The molecule has 2 aromatic carbocycles. The van der Waals surface area contributed by atoms with Gasteiger partial charge in [-0.2, -0.15) is 5.10 Å². The molecular weight excluding hydrogens is 340 g/mol. The van der Waals surface area contributed by atoms with Crippen molar-refractivity contribution in [2.45, 2.75) is 19.4 Å². The zero-order valence-corrected chi connectivity index (χ0v) is 14.9. The maximum Gasteiger partial charge on any atom is 0.270 e. The molecule has 0 bridgehead atoms. The fraction of sp³-hybridized carbons (Fsp3) is 0.150. The molecule has 1 amide bonds. The highest BCUT2D eigenvalue weighted by atomic mass is 16.2. The lowest BCUT2D eigenvalue weighted by Gasteiger charge is -2.32. The summed E-state index contributed by atoms with van der Waals surface area (Å²) in [6.07, 6.45) is 2.42. The molecule has 136 valence electrons. The number of anilines is 1. The molecule has 1 unspecified atom stereocenters. The van der Waals surface area contributed by atoms with Crippen molar-refractivity contribution < 1.29 is 4.79 Å². The molecule has 1 aliphatic rings. The molecule has 0 saturated heterocycles. The van der Waals surface area contributed by atoms with E-state index in [1.807, 2.05) is 60.8 Å². The van der Waals surface area contributed by atoms with Gasteiger partial charge in [-0.25, -0.2) is 5.01 Å². The van der Waals surface area contributed by atoms with E-state index in [2.05, 4.69) is 20.5 Å². The van der Waals surface area contributed by atoms with Crippen LogP contribution in [0.15, 0.2) is 70.9 Å². The van der Waals surface area contributed by atoms with E-state index < -0.39 is 6.04 Å². The molecule has 0 fully saturated rings. The first-order valence-corrected chi connectivity index (χ1v) is 8.70. The molecule has 27 heavy (non-hydrogen) atoms. The summed E-state index contributed by atoms with van der Waals surface area (Å²) in [5.74, 6) is 5.80. The number of fused-ring (bicyclic) bond motifs is 1. The highest BCUT2D eigenvalue weighted by Crippen LogP contribution is 2.23. The first kappa shape index (κ1) is 16.8. The monoisotopic (exact) mass is 360 g/mol. The predicted molar refractivity (Wildman–Crippen MR) is 108 cm³/mol. The Morgan fingerprint density at radius 2 is 1.93 bits per heavy atom. The van der Waals surface area contributed by atoms with Gasteiger partial charge in [0.15, 0.2) is 5.84 Å². The summed E-state index contributed by atoms with van der Waals surface area (Å²) in [6.45, 7) is 1.76. The van der Waals surface area contributed by atoms with Crippen LogP contribution in [0.1, 0.15) is 12.5 Å². The maximum atomic E-state index is 13.1. The Bertz CT molecular complexity index is 1040. The van der Waals surface area contributed by atoms with E-state index in [9.17, 15) is 4.79 Å². The second kappa shape index (κ2) is 6.95. The van der Waals surface area contributed by atoms with E-state index in [1.165, 1.54) is 5.01 Å². The number of carbonyl (C=O) groups is 1. The summed E-state index contributed by atoms with van der Waals surface area (Å²) in [6, 6.07) is 16.9. The van der Waals surface area contributed by atoms with Crippen molar-refractivity contribution in [3.05, 3.63) is 66.4 Å². The van der Waals surface area contributed by atoms with Gasteiger partial charge in [0.25, 0.3) is 5.91 Å². The second-order valence-electron chi connectivity index (χ2n) is 6.39. The number of aromatic amines is 1. The smallest absolute Gasteiger partial charge is 0.270 e. The van der Waals surface area contributed by atoms with Gasteiger partial charge in [0, 0.05) is 23.5 Å². The van der Waals surface area contributed by atoms with E-state index >= 15 is 0 Å². The summed E-state index contributed by atoms with van der Waals surface area (Å²) in [5.41, 5.74) is 6.39. The van der Waals surface area contributed by atoms with E-state index in [-0.39, 0.29) is 5.91 Å². The number of nitrogens with one attached hydrogen (secondary N) is 2. The van der Waals surface area contributed by atoms with Gasteiger partial charge in [0.2, 0.25) is 0 Å². The van der Waals surface area contributed by atoms with Gasteiger partial charge in [-0.1, -0.05) is 36.4 Å². The Morgan fingerprint density at radius 1 is 1.19 bits per heavy atom. The number of carbonyl (C=O) groups excluding carboxylic acids is 1. The highest BCUT2D eigenvalue weighted by molar-refractivity contribution is 6.42. The number of aromatic nitrogens is 1. The van der Waals surface area contributed by atoms with E-state index in [0.29, 0.717) is 18.0 Å². The van der Waals surface area contributed by atoms with Crippen molar-refractivity contribution in [3.63, 3.8) is 0 Å². The van der Waals surface area contributed by atoms with Crippen molar-refractivity contribution in [3.8, 4) is 0 Å². The lowest BCUT2D eigenvalue weighted by molar-refractivity contribution is -0.120. The number of hydrazine groups is 1. The Hall–Kier alpha value is -3.61. The molecule has 7 heteroatoms. The molecule has 4 N–H and O–H groups in total. The fourth-order valence-corrected chi connectivity index (χ4v) is 3.20. The second-order valence-corrected chi connectivity index (χ2v) is 6.39. The van der Waals surface area contributed by atoms with Crippen LogP contribution in [0.25, 0.3) is 10.9 Å². The average molecular weight is 360 g/mol. The van der Waals surface area contributed by atoms with Crippen molar-refractivity contribution in [1.29, 1.82) is 0 Å². The number of rotatable bonds is 4. The van der Waals surface area contributed by atoms with E-state index in [4.69, 9.17) is 5.84 Å². The minimum atomic E-state index is -0.572. The third-order valence-corrected chi connectivity index (χ3v) is 4.65. The Balaban J connectivity index is 1.72. The summed E-state index contributed by atoms with van der Waals surface area (Å²) < 4.78 is 0. The van der Waals surface area contributed by atoms with Crippen molar-refractivity contribution >= 4 is 34.0 Å². The van der Waals surface area contributed by atoms with Gasteiger partial charge in [-0.05, 0) is 30.7 Å². The quantitative estimate of drug-likeness (QED) is 0.378. The molecule has 0 aliphatic carbocycles. The number of hydrazone groups is 1. The van der Waals surface area contributed by atoms with Gasteiger partial charge in [0.05, 0.1) is 5.69 Å². The van der Waals surface area contributed by atoms with Crippen molar-refractivity contribution in [2.24, 2.45) is 15.9 Å². The number of hydrogen-bond acceptors (Lipinski definition) is 5. The minimum Gasteiger partial charge on any atom is -0.361 e. The molecule has 4 rings (SSSR count). The largest absolute Gasteiger partial charge is 0.361 e. The highest BCUT2D eigenvalue weighted by Gasteiger charge is 2.32. The molecule has 1 aromatic heterocycles. The average Bonchev–Trinajstić information content (AvgIpc) is 3.12. The van der Waals surface area contributed by atoms with Crippen LogP contribution in [0.5, 0.6) is 0 Å². The number of hydrogen-bond donors (Lipinski definition) is 3. The molecule has 0 radical (unpaired) electrons. The lowest BCUT2D eigenvalue weighted by atomic mass is 10.0. The molecule has 3 aromatic rings. The van der Waals surface area contributed by atoms with Crippen LogP contribution in [0.2, 0.25) is 0 Å². The normalized spacial score (nSPS) is 17.7. The Morgan fingerprint density at radius 3 is 2.70 bits per heavy atom. The Kier molecular flexibility index (Phi) is 4.33. The third kappa shape index (κ3) is 3.15. The van der Waals surface area contributed by atoms with Crippen LogP contribution in [0.4, 0.5) is 5.69 Å². The molecular formula is C20H20N6O. The molecule has 0 saturated carbocycles. The van der Waals surface area contributed by atoms with Crippen LogP contribution in [0, 0.1) is 0 Å². The summed E-state index contributed by atoms with van der Waals surface area (Å²) in [7, 11) is 0. The Labute approximate surface area is 156 Å². The van der Waals surface area contributed by atoms with Crippen LogP contribution in [-0.2, 0) is 11.2 Å². The van der Waals surface area contributed by atoms with Crippen LogP contribution in [0.3, 0.4) is 0 Å². The maximum absolute atomic E-state index is 13.1. The zero-order chi connectivity index (χ0) is 18.8. The van der Waals surface area contributed by atoms with Crippen LogP contribution >= 0.6 is 0 Å². The summed E-state index contributed by atoms with van der Waals surface area (Å²) in [5, 5.41) is 6.33. The minimum absolute atomic E-state index is 0.125. The first-order valence-electron chi connectivity index (χ1n) is 8.70. The number of amides is 1. The number of aliphatic imine (C=N–C) groups is 1. The van der Waals surface area contributed by atoms with Gasteiger partial charge in [0.1, 0.15) is 11.8 Å². The molecule has 2 heterocycles. The fourth-order valence-electron chi connectivity index (χ4n) is 3.20. The number of nitrogens with zero attached hydrogens (tertiary/aromatic N) is 3. The topological polar surface area (TPSA) is 98.9 Å². The van der Waals surface area contributed by atoms with E-state index in [1.54, 1.807) is 6.92 Å². The summed E-state index contributed by atoms with van der Waals surface area (Å²) in [4.78, 5) is 20.9. The van der Waals surface area contributed by atoms with E-state index in [0.717, 1.165) is 22.2 Å². The first-order chi connectivity index (χ1) is 13.2. The third-order valence-electron chi connectivity index (χ3n) is 4.65. The van der Waals surface area contributed by atoms with Gasteiger partial charge < -0.3 is 10.8 Å². The molecule has 1 aliphatic heterocycles. The van der Waals surface area contributed by atoms with Gasteiger partial charge >= 0.3 is 0 Å². The van der Waals surface area contributed by atoms with Crippen molar-refractivity contribution in [1.82, 2.24) is 10.4 Å². The number of amidine groups is 1. The number of H-pyrrole nitrogens is 1. The lowest BCUT2D eigenvalue weighted by Crippen LogP contribution is -2.57. The molecule has 1 atom stereocenters. The van der Waals surface area contributed by atoms with Crippen LogP contribution < -0.4 is 16.3 Å². The van der Waals surface area contributed by atoms with Crippen LogP contribution in [-0.4, -0.2) is 28.5 Å². The number of nitrogens with two attached hydrogens (primary N) is 1. The summed E-state index contributed by atoms with van der Waals surface area (Å²) >= 11 is 0. The standard InChI is InChI=1S/C20H20N6O/c1-13(24-21)19-23-18(11-14-12-22-17-10-6-5-9-16(14)17)20(27)26(25-19)15-7-3-2-4-8-15/h2-10,12,18,22H,11,21H2,1H3,(H,23,25)/b24-13+. The van der Waals surface area contributed by atoms with Crippen molar-refractivity contribution in [2.75, 3.05) is 5.01 Å². The van der Waals surface area contributed by atoms with Gasteiger partial charge in [-0.15, -0.1) is 0 Å². The predicted octanol–water partition coefficient (Wildman–Crippen LogP) is 2.36. The molecule has 0 spiro atoms. The zero-order valence-electron chi connectivity index (χ0n) is 14.9.